The van der Waals surface area contributed by atoms with E-state index in [4.69, 9.17) is 0 Å². The van der Waals surface area contributed by atoms with Gasteiger partial charge in [0, 0.05) is 16.6 Å². The maximum atomic E-state index is 12.7. The first-order valence-electron chi connectivity index (χ1n) is 9.75. The lowest BCUT2D eigenvalue weighted by atomic mass is 10.1. The van der Waals surface area contributed by atoms with Crippen molar-refractivity contribution in [3.8, 4) is 0 Å². The Kier molecular flexibility index (Phi) is 7.94. The number of carbonyl (C=O) groups is 1. The second-order valence-electron chi connectivity index (χ2n) is 8.54. The number of halogens is 2. The van der Waals surface area contributed by atoms with Gasteiger partial charge in [0.2, 0.25) is 0 Å². The van der Waals surface area contributed by atoms with Gasteiger partial charge >= 0.3 is 0 Å². The molecular formula is C22H28Br2N2O3S. The molecule has 0 aliphatic carbocycles. The molecule has 2 aromatic rings. The summed E-state index contributed by atoms with van der Waals surface area (Å²) in [6.45, 7) is 6.27. The van der Waals surface area contributed by atoms with E-state index in [1.165, 1.54) is 22.8 Å². The molecular weight excluding hydrogens is 532 g/mol. The van der Waals surface area contributed by atoms with Crippen LogP contribution in [-0.2, 0) is 16.6 Å². The summed E-state index contributed by atoms with van der Waals surface area (Å²) >= 11 is 3.30. The molecule has 0 aromatic heterocycles. The largest absolute Gasteiger partial charge is 1.00 e. The van der Waals surface area contributed by atoms with Gasteiger partial charge in [0.15, 0.2) is 0 Å². The van der Waals surface area contributed by atoms with Crippen molar-refractivity contribution in [2.24, 2.45) is 0 Å². The Morgan fingerprint density at radius 3 is 2.27 bits per heavy atom. The van der Waals surface area contributed by atoms with Crippen molar-refractivity contribution in [1.29, 1.82) is 0 Å². The molecule has 0 radical (unpaired) electrons. The lowest BCUT2D eigenvalue weighted by Crippen LogP contribution is -3.00. The molecule has 0 atom stereocenters. The summed E-state index contributed by atoms with van der Waals surface area (Å²) in [7, 11) is 0.638. The highest BCUT2D eigenvalue weighted by atomic mass is 79.9. The lowest BCUT2D eigenvalue weighted by molar-refractivity contribution is -0.903. The number of unbranched alkanes of at least 4 members (excludes halogenated alkanes) is 1. The van der Waals surface area contributed by atoms with E-state index in [2.05, 4.69) is 62.1 Å². The number of sulfonamides is 1. The summed E-state index contributed by atoms with van der Waals surface area (Å²) in [5.74, 6) is -0.426. The molecule has 0 N–H and O–H groups in total. The minimum atomic E-state index is -3.73. The zero-order chi connectivity index (χ0) is 21.4. The number of rotatable bonds is 7. The molecule has 30 heavy (non-hydrogen) atoms. The highest BCUT2D eigenvalue weighted by Crippen LogP contribution is 2.32. The van der Waals surface area contributed by atoms with Crippen LogP contribution in [0, 0.1) is 13.8 Å². The van der Waals surface area contributed by atoms with Crippen molar-refractivity contribution in [1.82, 2.24) is 4.31 Å². The van der Waals surface area contributed by atoms with E-state index in [0.717, 1.165) is 28.3 Å². The number of carbonyl (C=O) groups excluding carboxylic acids is 1. The Morgan fingerprint density at radius 1 is 1.00 bits per heavy atom. The molecule has 5 nitrogen and oxygen atoms in total. The molecule has 1 amide bonds. The highest BCUT2D eigenvalue weighted by Gasteiger charge is 2.40. The van der Waals surface area contributed by atoms with E-state index < -0.39 is 15.9 Å². The fraction of sp³-hybridized carbons (Fsp3) is 0.409. The van der Waals surface area contributed by atoms with Gasteiger partial charge in [0.05, 0.1) is 26.2 Å². The topological polar surface area (TPSA) is 54.5 Å². The maximum Gasteiger partial charge on any atom is 0.269 e. The molecule has 0 unspecified atom stereocenters. The van der Waals surface area contributed by atoms with Gasteiger partial charge in [0.25, 0.3) is 15.9 Å². The fourth-order valence-corrected chi connectivity index (χ4v) is 5.96. The van der Waals surface area contributed by atoms with Crippen molar-refractivity contribution in [2.75, 3.05) is 27.2 Å². The zero-order valence-corrected chi connectivity index (χ0v) is 21.8. The third-order valence-electron chi connectivity index (χ3n) is 5.23. The Balaban J connectivity index is 0.00000320. The minimum absolute atomic E-state index is 0. The van der Waals surface area contributed by atoms with Crippen LogP contribution in [0.2, 0.25) is 0 Å². The SMILES string of the molecule is Cc1cc(C)cc(C[N+](C)(C)CCCCN2C(=O)c3cc(Br)ccc3S2(=O)=O)c1.[Br-]. The van der Waals surface area contributed by atoms with Crippen molar-refractivity contribution in [3.05, 3.63) is 63.1 Å². The number of hydrogen-bond donors (Lipinski definition) is 0. The van der Waals surface area contributed by atoms with Gasteiger partial charge < -0.3 is 21.5 Å². The lowest BCUT2D eigenvalue weighted by Gasteiger charge is -2.30. The molecule has 1 aliphatic heterocycles. The van der Waals surface area contributed by atoms with Gasteiger partial charge in [0.1, 0.15) is 11.4 Å². The van der Waals surface area contributed by atoms with Crippen molar-refractivity contribution in [3.63, 3.8) is 0 Å². The van der Waals surface area contributed by atoms with E-state index in [-0.39, 0.29) is 34.0 Å². The third kappa shape index (κ3) is 5.52. The van der Waals surface area contributed by atoms with E-state index >= 15 is 0 Å². The van der Waals surface area contributed by atoms with E-state index in [9.17, 15) is 13.2 Å². The first-order valence-corrected chi connectivity index (χ1v) is 12.0. The first kappa shape index (κ1) is 25.0. The Bertz CT molecular complexity index is 1030. The van der Waals surface area contributed by atoms with E-state index in [1.807, 2.05) is 0 Å². The number of hydrogen-bond acceptors (Lipinski definition) is 3. The fourth-order valence-electron chi connectivity index (χ4n) is 4.01. The quantitative estimate of drug-likeness (QED) is 0.379. The Labute approximate surface area is 198 Å². The summed E-state index contributed by atoms with van der Waals surface area (Å²) in [6.07, 6.45) is 1.49. The van der Waals surface area contributed by atoms with Crippen LogP contribution in [0.5, 0.6) is 0 Å². The predicted molar refractivity (Wildman–Crippen MR) is 118 cm³/mol. The molecule has 0 saturated heterocycles. The summed E-state index contributed by atoms with van der Waals surface area (Å²) < 4.78 is 27.9. The Hall–Kier alpha value is -1.22. The van der Waals surface area contributed by atoms with Crippen LogP contribution in [0.4, 0.5) is 0 Å². The number of benzene rings is 2. The smallest absolute Gasteiger partial charge is 0.269 e. The van der Waals surface area contributed by atoms with Gasteiger partial charge in [-0.1, -0.05) is 45.3 Å². The van der Waals surface area contributed by atoms with Gasteiger partial charge in [-0.25, -0.2) is 12.7 Å². The predicted octanol–water partition coefficient (Wildman–Crippen LogP) is 1.27. The zero-order valence-electron chi connectivity index (χ0n) is 17.8. The third-order valence-corrected chi connectivity index (χ3v) is 7.57. The number of fused-ring (bicyclic) bond motifs is 1. The molecule has 1 heterocycles. The average molecular weight is 560 g/mol. The van der Waals surface area contributed by atoms with Crippen molar-refractivity contribution >= 4 is 31.9 Å². The summed E-state index contributed by atoms with van der Waals surface area (Å²) in [5.41, 5.74) is 4.10. The monoisotopic (exact) mass is 558 g/mol. The molecule has 0 bridgehead atoms. The van der Waals surface area contributed by atoms with Crippen LogP contribution < -0.4 is 17.0 Å². The molecule has 164 valence electrons. The average Bonchev–Trinajstić information content (AvgIpc) is 2.76. The van der Waals surface area contributed by atoms with Crippen LogP contribution in [-0.4, -0.2) is 50.3 Å². The molecule has 0 fully saturated rings. The second-order valence-corrected chi connectivity index (χ2v) is 11.3. The summed E-state index contributed by atoms with van der Waals surface area (Å²) in [6, 6.07) is 11.3. The van der Waals surface area contributed by atoms with Crippen LogP contribution in [0.3, 0.4) is 0 Å². The minimum Gasteiger partial charge on any atom is -1.00 e. The normalized spacial score (nSPS) is 15.1. The van der Waals surface area contributed by atoms with Crippen molar-refractivity contribution in [2.45, 2.75) is 38.1 Å². The standard InChI is InChI=1S/C22H28BrN2O3S.BrH/c1-16-11-17(2)13-18(12-16)15-25(3,4)10-6-5-9-24-22(26)20-14-19(23)7-8-21(20)29(24,27)28;/h7-8,11-14H,5-6,9-10,15H2,1-4H3;1H/q+1;/p-1. The number of amides is 1. The van der Waals surface area contributed by atoms with Crippen LogP contribution in [0.1, 0.15) is 39.9 Å². The van der Waals surface area contributed by atoms with Crippen LogP contribution >= 0.6 is 15.9 Å². The maximum absolute atomic E-state index is 12.7. The molecule has 0 spiro atoms. The molecule has 1 aliphatic rings. The van der Waals surface area contributed by atoms with Gasteiger partial charge in [-0.15, -0.1) is 0 Å². The molecule has 3 rings (SSSR count). The first-order chi connectivity index (χ1) is 13.5. The number of aryl methyl sites for hydroxylation is 2. The Morgan fingerprint density at radius 2 is 1.63 bits per heavy atom. The molecule has 0 saturated carbocycles. The number of quaternary nitrogens is 1. The molecule has 8 heteroatoms. The van der Waals surface area contributed by atoms with Gasteiger partial charge in [-0.05, 0) is 44.9 Å². The second kappa shape index (κ2) is 9.51. The van der Waals surface area contributed by atoms with Gasteiger partial charge in [-0.2, -0.15) is 0 Å². The number of nitrogens with zero attached hydrogens (tertiary/aromatic N) is 2. The molecule has 2 aromatic carbocycles. The highest BCUT2D eigenvalue weighted by molar-refractivity contribution is 9.10. The van der Waals surface area contributed by atoms with E-state index in [1.54, 1.807) is 12.1 Å². The summed E-state index contributed by atoms with van der Waals surface area (Å²) in [5, 5.41) is 0. The summed E-state index contributed by atoms with van der Waals surface area (Å²) in [4.78, 5) is 12.7. The van der Waals surface area contributed by atoms with Gasteiger partial charge in [-0.3, -0.25) is 4.79 Å². The van der Waals surface area contributed by atoms with E-state index in [0.29, 0.717) is 10.9 Å². The van der Waals surface area contributed by atoms with Crippen LogP contribution in [0.25, 0.3) is 0 Å². The van der Waals surface area contributed by atoms with Crippen LogP contribution in [0.15, 0.2) is 45.8 Å². The van der Waals surface area contributed by atoms with Crippen molar-refractivity contribution < 1.29 is 34.7 Å².